The van der Waals surface area contributed by atoms with Crippen LogP contribution in [0.5, 0.6) is 11.5 Å². The molecule has 0 atom stereocenters. The van der Waals surface area contributed by atoms with Gasteiger partial charge >= 0.3 is 0 Å². The van der Waals surface area contributed by atoms with Gasteiger partial charge < -0.3 is 19.2 Å². The second kappa shape index (κ2) is 8.12. The standard InChI is InChI=1S/C24H18N2O4S/c1-28-23-10-19-18-4-2-3-5-21(18)30-22(19)11-20(23)26-24(27)15-6-8-17(9-7-15)29-12-16-13-31-14-25-16/h2-11,13-14H,12H2,1H3,(H,26,27). The van der Waals surface area contributed by atoms with Crippen molar-refractivity contribution in [2.75, 3.05) is 12.4 Å². The maximum absolute atomic E-state index is 12.8. The van der Waals surface area contributed by atoms with Crippen molar-refractivity contribution >= 4 is 44.9 Å². The van der Waals surface area contributed by atoms with Gasteiger partial charge in [-0.05, 0) is 36.4 Å². The lowest BCUT2D eigenvalue weighted by molar-refractivity contribution is 0.102. The first kappa shape index (κ1) is 19.1. The van der Waals surface area contributed by atoms with E-state index < -0.39 is 0 Å². The number of carbonyl (C=O) groups is 1. The molecule has 3 aromatic carbocycles. The number of amides is 1. The molecule has 5 rings (SSSR count). The number of hydrogen-bond donors (Lipinski definition) is 1. The lowest BCUT2D eigenvalue weighted by Gasteiger charge is -2.11. The van der Waals surface area contributed by atoms with Crippen LogP contribution in [0.15, 0.2) is 76.0 Å². The Morgan fingerprint density at radius 2 is 1.90 bits per heavy atom. The zero-order valence-corrected chi connectivity index (χ0v) is 17.4. The maximum atomic E-state index is 12.8. The number of aromatic nitrogens is 1. The van der Waals surface area contributed by atoms with Gasteiger partial charge in [-0.15, -0.1) is 11.3 Å². The van der Waals surface area contributed by atoms with E-state index in [0.717, 1.165) is 22.0 Å². The first-order chi connectivity index (χ1) is 15.2. The van der Waals surface area contributed by atoms with Gasteiger partial charge in [0.25, 0.3) is 5.91 Å². The molecular weight excluding hydrogens is 412 g/mol. The molecule has 0 bridgehead atoms. The molecule has 0 saturated heterocycles. The highest BCUT2D eigenvalue weighted by Crippen LogP contribution is 2.36. The minimum Gasteiger partial charge on any atom is -0.495 e. The zero-order valence-electron chi connectivity index (χ0n) is 16.6. The summed E-state index contributed by atoms with van der Waals surface area (Å²) in [6, 6.07) is 18.4. The molecule has 5 aromatic rings. The van der Waals surface area contributed by atoms with E-state index in [2.05, 4.69) is 10.3 Å². The fourth-order valence-electron chi connectivity index (χ4n) is 3.38. The molecule has 0 unspecified atom stereocenters. The third-order valence-corrected chi connectivity index (χ3v) is 5.57. The molecule has 0 spiro atoms. The van der Waals surface area contributed by atoms with Gasteiger partial charge in [0.05, 0.1) is 24.0 Å². The van der Waals surface area contributed by atoms with Gasteiger partial charge in [0.1, 0.15) is 29.3 Å². The Bertz CT molecular complexity index is 1360. The number of rotatable bonds is 6. The summed E-state index contributed by atoms with van der Waals surface area (Å²) < 4.78 is 17.1. The summed E-state index contributed by atoms with van der Waals surface area (Å²) in [5, 5.41) is 6.79. The number of carbonyl (C=O) groups excluding carboxylic acids is 1. The summed E-state index contributed by atoms with van der Waals surface area (Å²) in [7, 11) is 1.58. The summed E-state index contributed by atoms with van der Waals surface area (Å²) in [5.41, 5.74) is 5.17. The third kappa shape index (κ3) is 3.83. The minimum atomic E-state index is -0.250. The van der Waals surface area contributed by atoms with Gasteiger partial charge in [-0.3, -0.25) is 4.79 Å². The number of para-hydroxylation sites is 1. The minimum absolute atomic E-state index is 0.250. The Labute approximate surface area is 182 Å². The van der Waals surface area contributed by atoms with Crippen molar-refractivity contribution in [2.45, 2.75) is 6.61 Å². The average molecular weight is 430 g/mol. The molecule has 154 valence electrons. The van der Waals surface area contributed by atoms with Crippen LogP contribution in [0.2, 0.25) is 0 Å². The van der Waals surface area contributed by atoms with Gasteiger partial charge in [-0.2, -0.15) is 0 Å². The summed E-state index contributed by atoms with van der Waals surface area (Å²) in [4.78, 5) is 17.0. The molecule has 0 fully saturated rings. The maximum Gasteiger partial charge on any atom is 0.255 e. The van der Waals surface area contributed by atoms with Crippen LogP contribution in [0.1, 0.15) is 16.1 Å². The molecule has 7 heteroatoms. The van der Waals surface area contributed by atoms with Crippen LogP contribution in [0.25, 0.3) is 21.9 Å². The molecule has 6 nitrogen and oxygen atoms in total. The van der Waals surface area contributed by atoms with Crippen molar-refractivity contribution in [3.8, 4) is 11.5 Å². The largest absolute Gasteiger partial charge is 0.495 e. The number of nitrogens with zero attached hydrogens (tertiary/aromatic N) is 1. The van der Waals surface area contributed by atoms with Crippen molar-refractivity contribution in [2.24, 2.45) is 0 Å². The fraction of sp³-hybridized carbons (Fsp3) is 0.0833. The van der Waals surface area contributed by atoms with Crippen molar-refractivity contribution in [3.05, 3.63) is 82.8 Å². The highest BCUT2D eigenvalue weighted by Gasteiger charge is 2.15. The Hall–Kier alpha value is -3.84. The van der Waals surface area contributed by atoms with Crippen LogP contribution in [-0.4, -0.2) is 18.0 Å². The number of benzene rings is 3. The summed E-state index contributed by atoms with van der Waals surface area (Å²) >= 11 is 1.53. The number of hydrogen-bond acceptors (Lipinski definition) is 6. The molecule has 0 aliphatic carbocycles. The van der Waals surface area contributed by atoms with Gasteiger partial charge in [-0.25, -0.2) is 4.98 Å². The average Bonchev–Trinajstić information content (AvgIpc) is 3.45. The van der Waals surface area contributed by atoms with Crippen molar-refractivity contribution in [3.63, 3.8) is 0 Å². The fourth-order valence-corrected chi connectivity index (χ4v) is 3.92. The number of fused-ring (bicyclic) bond motifs is 3. The number of nitrogens with one attached hydrogen (secondary N) is 1. The SMILES string of the molecule is COc1cc2c(cc1NC(=O)c1ccc(OCc3cscn3)cc1)oc1ccccc12. The highest BCUT2D eigenvalue weighted by molar-refractivity contribution is 7.07. The second-order valence-electron chi connectivity index (χ2n) is 6.89. The summed E-state index contributed by atoms with van der Waals surface area (Å²) in [6.45, 7) is 0.393. The van der Waals surface area contributed by atoms with Crippen LogP contribution >= 0.6 is 11.3 Å². The smallest absolute Gasteiger partial charge is 0.255 e. The predicted molar refractivity (Wildman–Crippen MR) is 121 cm³/mol. The van der Waals surface area contributed by atoms with E-state index in [4.69, 9.17) is 13.9 Å². The highest BCUT2D eigenvalue weighted by atomic mass is 32.1. The van der Waals surface area contributed by atoms with Crippen molar-refractivity contribution in [1.29, 1.82) is 0 Å². The van der Waals surface area contributed by atoms with Crippen LogP contribution < -0.4 is 14.8 Å². The molecular formula is C24H18N2O4S. The van der Waals surface area contributed by atoms with Crippen LogP contribution in [0, 0.1) is 0 Å². The molecule has 0 aliphatic heterocycles. The number of thiazole rings is 1. The molecule has 0 saturated carbocycles. The summed E-state index contributed by atoms with van der Waals surface area (Å²) in [5.74, 6) is 0.987. The number of methoxy groups -OCH3 is 1. The molecule has 2 heterocycles. The predicted octanol–water partition coefficient (Wildman–Crippen LogP) is 5.88. The quantitative estimate of drug-likeness (QED) is 0.364. The lowest BCUT2D eigenvalue weighted by Crippen LogP contribution is -2.12. The monoisotopic (exact) mass is 430 g/mol. The second-order valence-corrected chi connectivity index (χ2v) is 7.61. The summed E-state index contributed by atoms with van der Waals surface area (Å²) in [6.07, 6.45) is 0. The van der Waals surface area contributed by atoms with E-state index in [1.807, 2.05) is 35.7 Å². The Morgan fingerprint density at radius 1 is 1.06 bits per heavy atom. The molecule has 31 heavy (non-hydrogen) atoms. The van der Waals surface area contributed by atoms with Crippen LogP contribution in [0.4, 0.5) is 5.69 Å². The van der Waals surface area contributed by atoms with Crippen molar-refractivity contribution < 1.29 is 18.7 Å². The van der Waals surface area contributed by atoms with E-state index in [9.17, 15) is 4.79 Å². The normalized spacial score (nSPS) is 11.0. The Morgan fingerprint density at radius 3 is 2.68 bits per heavy atom. The number of ether oxygens (including phenoxy) is 2. The Balaban J connectivity index is 1.36. The number of anilines is 1. The van der Waals surface area contributed by atoms with Gasteiger partial charge in [0.15, 0.2) is 0 Å². The van der Waals surface area contributed by atoms with Crippen LogP contribution in [-0.2, 0) is 6.61 Å². The molecule has 1 amide bonds. The first-order valence-electron chi connectivity index (χ1n) is 9.62. The third-order valence-electron chi connectivity index (χ3n) is 4.93. The van der Waals surface area contributed by atoms with E-state index in [0.29, 0.717) is 34.9 Å². The van der Waals surface area contributed by atoms with Crippen LogP contribution in [0.3, 0.4) is 0 Å². The topological polar surface area (TPSA) is 73.6 Å². The first-order valence-corrected chi connectivity index (χ1v) is 10.6. The molecule has 1 N–H and O–H groups in total. The van der Waals surface area contributed by atoms with E-state index in [1.54, 1.807) is 43.0 Å². The van der Waals surface area contributed by atoms with E-state index in [1.165, 1.54) is 11.3 Å². The van der Waals surface area contributed by atoms with Crippen molar-refractivity contribution in [1.82, 2.24) is 4.98 Å². The zero-order chi connectivity index (χ0) is 21.2. The van der Waals surface area contributed by atoms with E-state index >= 15 is 0 Å². The van der Waals surface area contributed by atoms with Gasteiger partial charge in [0, 0.05) is 27.8 Å². The molecule has 2 aromatic heterocycles. The molecule has 0 radical (unpaired) electrons. The number of furan rings is 1. The Kier molecular flexibility index (Phi) is 5.01. The lowest BCUT2D eigenvalue weighted by atomic mass is 10.1. The van der Waals surface area contributed by atoms with E-state index in [-0.39, 0.29) is 5.91 Å². The van der Waals surface area contributed by atoms with Gasteiger partial charge in [-0.1, -0.05) is 18.2 Å². The van der Waals surface area contributed by atoms with Gasteiger partial charge in [0.2, 0.25) is 0 Å². The molecule has 0 aliphatic rings.